The van der Waals surface area contributed by atoms with Crippen LogP contribution in [-0.4, -0.2) is 28.2 Å². The van der Waals surface area contributed by atoms with Gasteiger partial charge in [0.2, 0.25) is 0 Å². The first kappa shape index (κ1) is 22.9. The molecule has 0 spiro atoms. The lowest BCUT2D eigenvalue weighted by Gasteiger charge is -2.23. The lowest BCUT2D eigenvalue weighted by atomic mass is 9.87. The topological polar surface area (TPSA) is 57.5 Å². The van der Waals surface area contributed by atoms with Gasteiger partial charge in [0.15, 0.2) is 5.78 Å². The van der Waals surface area contributed by atoms with Gasteiger partial charge in [-0.3, -0.25) is 4.79 Å². The van der Waals surface area contributed by atoms with Gasteiger partial charge in [-0.25, -0.2) is 0 Å². The molecule has 3 heteroatoms. The van der Waals surface area contributed by atoms with Crippen molar-refractivity contribution in [3.8, 4) is 0 Å². The maximum atomic E-state index is 12.1. The molecule has 0 aliphatic heterocycles. The number of aliphatic hydroxyl groups excluding tert-OH is 1. The van der Waals surface area contributed by atoms with Crippen LogP contribution in [0.25, 0.3) is 0 Å². The summed E-state index contributed by atoms with van der Waals surface area (Å²) in [4.78, 5) is 12.1. The average molecular weight is 363 g/mol. The molecule has 2 N–H and O–H groups in total. The van der Waals surface area contributed by atoms with E-state index in [1.54, 1.807) is 12.2 Å². The molecule has 26 heavy (non-hydrogen) atoms. The van der Waals surface area contributed by atoms with Crippen molar-refractivity contribution in [1.82, 2.24) is 0 Å². The van der Waals surface area contributed by atoms with Crippen LogP contribution in [0.4, 0.5) is 0 Å². The number of carbonyl (C=O) groups is 1. The highest BCUT2D eigenvalue weighted by Gasteiger charge is 2.28. The summed E-state index contributed by atoms with van der Waals surface area (Å²) in [6, 6.07) is 0. The van der Waals surface area contributed by atoms with Crippen LogP contribution in [0.3, 0.4) is 0 Å². The molecule has 0 aromatic rings. The highest BCUT2D eigenvalue weighted by molar-refractivity contribution is 5.94. The summed E-state index contributed by atoms with van der Waals surface area (Å²) >= 11 is 0. The second kappa shape index (κ2) is 13.1. The maximum Gasteiger partial charge on any atom is 0.159 e. The molecule has 148 valence electrons. The van der Waals surface area contributed by atoms with Crippen LogP contribution in [0, 0.1) is 11.8 Å². The summed E-state index contributed by atoms with van der Waals surface area (Å²) < 4.78 is 0. The normalized spacial score (nSPS) is 22.2. The lowest BCUT2D eigenvalue weighted by molar-refractivity contribution is -0.118. The van der Waals surface area contributed by atoms with Crippen molar-refractivity contribution in [1.29, 1.82) is 0 Å². The quantitative estimate of drug-likeness (QED) is 0.313. The fraction of sp³-hybridized carbons (Fsp3) is 0.696. The van der Waals surface area contributed by atoms with Gasteiger partial charge >= 0.3 is 0 Å². The first-order valence-electron chi connectivity index (χ1n) is 10.4. The van der Waals surface area contributed by atoms with E-state index in [1.165, 1.54) is 0 Å². The molecule has 3 nitrogen and oxygen atoms in total. The minimum atomic E-state index is -0.833. The Kier molecular flexibility index (Phi) is 11.5. The third-order valence-corrected chi connectivity index (χ3v) is 5.41. The molecule has 0 heterocycles. The first-order valence-corrected chi connectivity index (χ1v) is 10.4. The van der Waals surface area contributed by atoms with Crippen molar-refractivity contribution < 1.29 is 15.0 Å². The van der Waals surface area contributed by atoms with Crippen LogP contribution in [0.15, 0.2) is 37.0 Å². The van der Waals surface area contributed by atoms with E-state index in [2.05, 4.69) is 19.6 Å². The largest absolute Gasteiger partial charge is 0.396 e. The predicted octanol–water partition coefficient (Wildman–Crippen LogP) is 5.13. The summed E-state index contributed by atoms with van der Waals surface area (Å²) in [5.74, 6) is 0.447. The second-order valence-corrected chi connectivity index (χ2v) is 7.62. The fourth-order valence-electron chi connectivity index (χ4n) is 3.59. The molecule has 1 aliphatic carbocycles. The Morgan fingerprint density at radius 2 is 1.88 bits per heavy atom. The Labute approximate surface area is 159 Å². The molecule has 0 saturated carbocycles. The van der Waals surface area contributed by atoms with E-state index in [9.17, 15) is 9.90 Å². The van der Waals surface area contributed by atoms with Gasteiger partial charge in [-0.05, 0) is 31.8 Å². The van der Waals surface area contributed by atoms with Gasteiger partial charge in [0.25, 0.3) is 0 Å². The Balaban J connectivity index is 2.42. The van der Waals surface area contributed by atoms with Gasteiger partial charge < -0.3 is 10.2 Å². The Bertz CT molecular complexity index is 466. The summed E-state index contributed by atoms with van der Waals surface area (Å²) in [6.07, 6.45) is 20.2. The molecular formula is C23H38O3. The van der Waals surface area contributed by atoms with Crippen LogP contribution >= 0.6 is 0 Å². The molecule has 0 radical (unpaired) electrons. The molecule has 0 bridgehead atoms. The van der Waals surface area contributed by atoms with E-state index >= 15 is 0 Å². The Hall–Kier alpha value is -1.19. The predicted molar refractivity (Wildman–Crippen MR) is 109 cm³/mol. The standard InChI is InChI=1S/C23H38O3/c1-3-5-10-17-23(26,4-2)18-12-13-20-15-16-22(25)21(20)14-9-7-6-8-11-19-24/h4,12-13,15-16,20-21,24,26H,2-3,5-11,14,17-19H2,1H3/t20-,21+,23?/m0/s1. The zero-order valence-electron chi connectivity index (χ0n) is 16.5. The molecule has 3 atom stereocenters. The monoisotopic (exact) mass is 362 g/mol. The Morgan fingerprint density at radius 1 is 1.15 bits per heavy atom. The number of allylic oxidation sites excluding steroid dienone is 3. The van der Waals surface area contributed by atoms with Crippen LogP contribution in [0.1, 0.15) is 77.6 Å². The molecular weight excluding hydrogens is 324 g/mol. The van der Waals surface area contributed by atoms with E-state index in [4.69, 9.17) is 5.11 Å². The number of aliphatic hydroxyl groups is 2. The minimum Gasteiger partial charge on any atom is -0.396 e. The smallest absolute Gasteiger partial charge is 0.159 e. The number of ketones is 1. The number of carbonyl (C=O) groups excluding carboxylic acids is 1. The maximum absolute atomic E-state index is 12.1. The van der Waals surface area contributed by atoms with Crippen molar-refractivity contribution in [3.05, 3.63) is 37.0 Å². The SMILES string of the molecule is C=CC(O)(CC=C[C@H]1C=CC(=O)[C@@H]1CCCCCCCO)CCCCC. The lowest BCUT2D eigenvalue weighted by Crippen LogP contribution is -2.24. The Morgan fingerprint density at radius 3 is 2.58 bits per heavy atom. The number of hydrogen-bond donors (Lipinski definition) is 2. The first-order chi connectivity index (χ1) is 12.6. The van der Waals surface area contributed by atoms with Gasteiger partial charge in [-0.15, -0.1) is 6.58 Å². The molecule has 1 rings (SSSR count). The average Bonchev–Trinajstić information content (AvgIpc) is 2.98. The van der Waals surface area contributed by atoms with Gasteiger partial charge in [-0.2, -0.15) is 0 Å². The zero-order valence-corrected chi connectivity index (χ0v) is 16.5. The number of hydrogen-bond acceptors (Lipinski definition) is 3. The fourth-order valence-corrected chi connectivity index (χ4v) is 3.59. The van der Waals surface area contributed by atoms with Crippen molar-refractivity contribution in [2.75, 3.05) is 6.61 Å². The van der Waals surface area contributed by atoms with Gasteiger partial charge in [-0.1, -0.05) is 76.2 Å². The number of rotatable bonds is 15. The van der Waals surface area contributed by atoms with Gasteiger partial charge in [0.05, 0.1) is 5.60 Å². The molecule has 0 aromatic heterocycles. The van der Waals surface area contributed by atoms with E-state index in [1.807, 2.05) is 12.2 Å². The van der Waals surface area contributed by atoms with Gasteiger partial charge in [0, 0.05) is 18.4 Å². The highest BCUT2D eigenvalue weighted by Crippen LogP contribution is 2.30. The second-order valence-electron chi connectivity index (χ2n) is 7.62. The third kappa shape index (κ3) is 8.46. The highest BCUT2D eigenvalue weighted by atomic mass is 16.3. The van der Waals surface area contributed by atoms with E-state index in [-0.39, 0.29) is 24.2 Å². The summed E-state index contributed by atoms with van der Waals surface area (Å²) in [5, 5.41) is 19.4. The van der Waals surface area contributed by atoms with Crippen molar-refractivity contribution >= 4 is 5.78 Å². The van der Waals surface area contributed by atoms with Crippen molar-refractivity contribution in [2.24, 2.45) is 11.8 Å². The van der Waals surface area contributed by atoms with Crippen LogP contribution in [0.5, 0.6) is 0 Å². The summed E-state index contributed by atoms with van der Waals surface area (Å²) in [5.41, 5.74) is -0.833. The third-order valence-electron chi connectivity index (χ3n) is 5.41. The molecule has 1 unspecified atom stereocenters. The summed E-state index contributed by atoms with van der Waals surface area (Å²) in [7, 11) is 0. The van der Waals surface area contributed by atoms with E-state index in [0.717, 1.165) is 64.2 Å². The van der Waals surface area contributed by atoms with Gasteiger partial charge in [0.1, 0.15) is 0 Å². The molecule has 0 saturated heterocycles. The number of unbranched alkanes of at least 4 members (excludes halogenated alkanes) is 6. The van der Waals surface area contributed by atoms with Crippen molar-refractivity contribution in [3.63, 3.8) is 0 Å². The van der Waals surface area contributed by atoms with Crippen LogP contribution in [-0.2, 0) is 4.79 Å². The molecule has 0 amide bonds. The minimum absolute atomic E-state index is 0.0565. The molecule has 0 fully saturated rings. The molecule has 1 aliphatic rings. The van der Waals surface area contributed by atoms with Crippen molar-refractivity contribution in [2.45, 2.75) is 83.2 Å². The van der Waals surface area contributed by atoms with Crippen LogP contribution < -0.4 is 0 Å². The van der Waals surface area contributed by atoms with Crippen LogP contribution in [0.2, 0.25) is 0 Å². The van der Waals surface area contributed by atoms with E-state index in [0.29, 0.717) is 6.42 Å². The summed E-state index contributed by atoms with van der Waals surface area (Å²) in [6.45, 7) is 6.22. The van der Waals surface area contributed by atoms with E-state index < -0.39 is 5.60 Å². The molecule has 0 aromatic carbocycles. The zero-order chi connectivity index (χ0) is 19.3.